The van der Waals surface area contributed by atoms with Crippen LogP contribution < -0.4 is 15.8 Å². The van der Waals surface area contributed by atoms with E-state index < -0.39 is 5.41 Å². The number of ether oxygens (including phenoxy) is 1. The molecule has 1 saturated carbocycles. The smallest absolute Gasteiger partial charge is 0.235 e. The molecule has 0 heterocycles. The van der Waals surface area contributed by atoms with Crippen molar-refractivity contribution in [3.05, 3.63) is 59.7 Å². The molecule has 3 N–H and O–H groups in total. The van der Waals surface area contributed by atoms with E-state index in [-0.39, 0.29) is 5.91 Å². The third-order valence-corrected chi connectivity index (χ3v) is 4.96. The van der Waals surface area contributed by atoms with Crippen molar-refractivity contribution >= 4 is 11.6 Å². The number of amides is 1. The second-order valence-corrected chi connectivity index (χ2v) is 6.77. The van der Waals surface area contributed by atoms with E-state index in [1.54, 1.807) is 0 Å². The molecular formula is C21H26N2O2. The zero-order valence-corrected chi connectivity index (χ0v) is 14.8. The molecule has 1 amide bonds. The highest BCUT2D eigenvalue weighted by Crippen LogP contribution is 2.42. The lowest BCUT2D eigenvalue weighted by Gasteiger charge is -2.28. The number of benzene rings is 2. The summed E-state index contributed by atoms with van der Waals surface area (Å²) in [5.41, 5.74) is 8.14. The van der Waals surface area contributed by atoms with Gasteiger partial charge in [-0.3, -0.25) is 4.79 Å². The number of hydrogen-bond acceptors (Lipinski definition) is 3. The summed E-state index contributed by atoms with van der Waals surface area (Å²) in [6.45, 7) is 3.05. The molecular weight excluding hydrogens is 312 g/mol. The van der Waals surface area contributed by atoms with Crippen molar-refractivity contribution in [3.8, 4) is 5.75 Å². The number of nitrogens with one attached hydrogen (secondary N) is 1. The van der Waals surface area contributed by atoms with E-state index in [2.05, 4.69) is 30.4 Å². The van der Waals surface area contributed by atoms with E-state index in [4.69, 9.17) is 10.5 Å². The first-order valence-corrected chi connectivity index (χ1v) is 8.96. The van der Waals surface area contributed by atoms with Crippen LogP contribution in [0, 0.1) is 6.92 Å². The lowest BCUT2D eigenvalue weighted by Crippen LogP contribution is -2.38. The van der Waals surface area contributed by atoms with Crippen molar-refractivity contribution in [1.29, 1.82) is 0 Å². The summed E-state index contributed by atoms with van der Waals surface area (Å²) in [5, 5.41) is 3.11. The van der Waals surface area contributed by atoms with E-state index in [0.29, 0.717) is 13.2 Å². The van der Waals surface area contributed by atoms with Gasteiger partial charge in [0.25, 0.3) is 0 Å². The Morgan fingerprint density at radius 1 is 1.16 bits per heavy atom. The number of carbonyl (C=O) groups excluding carboxylic acids is 1. The lowest BCUT2D eigenvalue weighted by atomic mass is 9.77. The van der Waals surface area contributed by atoms with Crippen LogP contribution in [-0.4, -0.2) is 19.1 Å². The number of anilines is 1. The van der Waals surface area contributed by atoms with Gasteiger partial charge in [0, 0.05) is 12.2 Å². The minimum atomic E-state index is -0.416. The molecule has 0 saturated heterocycles. The second kappa shape index (κ2) is 7.70. The van der Waals surface area contributed by atoms with Crippen molar-refractivity contribution < 1.29 is 9.53 Å². The molecule has 0 radical (unpaired) electrons. The summed E-state index contributed by atoms with van der Waals surface area (Å²) < 4.78 is 5.48. The van der Waals surface area contributed by atoms with E-state index in [1.165, 1.54) is 5.56 Å². The standard InChI is InChI=1S/C21H26N2O2/c1-16-5-4-6-17(15-16)21(11-2-3-12-21)20(24)23-18-7-9-19(10-8-18)25-14-13-22/h4-10,15H,2-3,11-14,22H2,1H3,(H,23,24). The number of hydrogen-bond donors (Lipinski definition) is 2. The molecule has 4 nitrogen and oxygen atoms in total. The minimum Gasteiger partial charge on any atom is -0.492 e. The van der Waals surface area contributed by atoms with Gasteiger partial charge in [0.2, 0.25) is 5.91 Å². The van der Waals surface area contributed by atoms with Crippen LogP contribution >= 0.6 is 0 Å². The Labute approximate surface area is 149 Å². The molecule has 0 bridgehead atoms. The van der Waals surface area contributed by atoms with Crippen LogP contribution in [0.25, 0.3) is 0 Å². The van der Waals surface area contributed by atoms with Gasteiger partial charge in [0.1, 0.15) is 12.4 Å². The van der Waals surface area contributed by atoms with Crippen LogP contribution in [0.2, 0.25) is 0 Å². The van der Waals surface area contributed by atoms with Gasteiger partial charge in [-0.15, -0.1) is 0 Å². The Morgan fingerprint density at radius 2 is 1.88 bits per heavy atom. The van der Waals surface area contributed by atoms with Gasteiger partial charge in [-0.2, -0.15) is 0 Å². The normalized spacial score (nSPS) is 15.8. The van der Waals surface area contributed by atoms with E-state index in [9.17, 15) is 4.79 Å². The van der Waals surface area contributed by atoms with Crippen molar-refractivity contribution in [2.24, 2.45) is 5.73 Å². The van der Waals surface area contributed by atoms with Crippen LogP contribution in [0.15, 0.2) is 48.5 Å². The van der Waals surface area contributed by atoms with Crippen molar-refractivity contribution in [2.75, 3.05) is 18.5 Å². The Morgan fingerprint density at radius 3 is 2.52 bits per heavy atom. The third kappa shape index (κ3) is 3.85. The minimum absolute atomic E-state index is 0.0891. The predicted molar refractivity (Wildman–Crippen MR) is 101 cm³/mol. The van der Waals surface area contributed by atoms with Gasteiger partial charge in [-0.25, -0.2) is 0 Å². The number of carbonyl (C=O) groups is 1. The van der Waals surface area contributed by atoms with Gasteiger partial charge < -0.3 is 15.8 Å². The summed E-state index contributed by atoms with van der Waals surface area (Å²) in [5.74, 6) is 0.851. The number of rotatable bonds is 6. The first kappa shape index (κ1) is 17.5. The van der Waals surface area contributed by atoms with Crippen molar-refractivity contribution in [1.82, 2.24) is 0 Å². The van der Waals surface area contributed by atoms with Gasteiger partial charge in [-0.1, -0.05) is 42.7 Å². The van der Waals surface area contributed by atoms with E-state index in [0.717, 1.165) is 42.7 Å². The first-order chi connectivity index (χ1) is 12.1. The topological polar surface area (TPSA) is 64.3 Å². The maximum Gasteiger partial charge on any atom is 0.235 e. The molecule has 2 aromatic carbocycles. The molecule has 1 fully saturated rings. The second-order valence-electron chi connectivity index (χ2n) is 6.77. The van der Waals surface area contributed by atoms with E-state index >= 15 is 0 Å². The molecule has 0 aromatic heterocycles. The van der Waals surface area contributed by atoms with Crippen molar-refractivity contribution in [3.63, 3.8) is 0 Å². The highest BCUT2D eigenvalue weighted by molar-refractivity contribution is 5.99. The Balaban J connectivity index is 1.78. The number of aryl methyl sites for hydroxylation is 1. The summed E-state index contributed by atoms with van der Waals surface area (Å²) in [6.07, 6.45) is 3.99. The fourth-order valence-corrected chi connectivity index (χ4v) is 3.63. The van der Waals surface area contributed by atoms with Gasteiger partial charge in [0.05, 0.1) is 5.41 Å². The van der Waals surface area contributed by atoms with Crippen LogP contribution in [0.1, 0.15) is 36.8 Å². The Kier molecular flexibility index (Phi) is 5.39. The van der Waals surface area contributed by atoms with Crippen LogP contribution in [0.3, 0.4) is 0 Å². The average Bonchev–Trinajstić information content (AvgIpc) is 3.12. The molecule has 0 spiro atoms. The van der Waals surface area contributed by atoms with Crippen LogP contribution in [0.5, 0.6) is 5.75 Å². The highest BCUT2D eigenvalue weighted by Gasteiger charge is 2.42. The molecule has 0 aliphatic heterocycles. The largest absolute Gasteiger partial charge is 0.492 e. The van der Waals surface area contributed by atoms with Crippen LogP contribution in [0.4, 0.5) is 5.69 Å². The summed E-state index contributed by atoms with van der Waals surface area (Å²) in [4.78, 5) is 13.1. The molecule has 1 aliphatic rings. The van der Waals surface area contributed by atoms with Crippen molar-refractivity contribution in [2.45, 2.75) is 38.0 Å². The Bertz CT molecular complexity index is 719. The molecule has 0 atom stereocenters. The van der Waals surface area contributed by atoms with E-state index in [1.807, 2.05) is 30.3 Å². The molecule has 2 aromatic rings. The number of nitrogens with two attached hydrogens (primary N) is 1. The fraction of sp³-hybridized carbons (Fsp3) is 0.381. The molecule has 0 unspecified atom stereocenters. The maximum atomic E-state index is 13.1. The Hall–Kier alpha value is -2.33. The third-order valence-electron chi connectivity index (χ3n) is 4.96. The fourth-order valence-electron chi connectivity index (χ4n) is 3.63. The highest BCUT2D eigenvalue weighted by atomic mass is 16.5. The lowest BCUT2D eigenvalue weighted by molar-refractivity contribution is -0.121. The monoisotopic (exact) mass is 338 g/mol. The summed E-state index contributed by atoms with van der Waals surface area (Å²) >= 11 is 0. The van der Waals surface area contributed by atoms with Crippen LogP contribution in [-0.2, 0) is 10.2 Å². The molecule has 132 valence electrons. The summed E-state index contributed by atoms with van der Waals surface area (Å²) in [7, 11) is 0. The maximum absolute atomic E-state index is 13.1. The molecule has 4 heteroatoms. The SMILES string of the molecule is Cc1cccc(C2(C(=O)Nc3ccc(OCCN)cc3)CCCC2)c1. The molecule has 1 aliphatic carbocycles. The molecule has 25 heavy (non-hydrogen) atoms. The van der Waals surface area contributed by atoms with Gasteiger partial charge >= 0.3 is 0 Å². The zero-order chi connectivity index (χ0) is 17.7. The predicted octanol–water partition coefficient (Wildman–Crippen LogP) is 3.78. The summed E-state index contributed by atoms with van der Waals surface area (Å²) in [6, 6.07) is 15.8. The average molecular weight is 338 g/mol. The first-order valence-electron chi connectivity index (χ1n) is 8.96. The molecule has 3 rings (SSSR count). The van der Waals surface area contributed by atoms with Gasteiger partial charge in [0.15, 0.2) is 0 Å². The van der Waals surface area contributed by atoms with Gasteiger partial charge in [-0.05, 0) is 49.6 Å². The quantitative estimate of drug-likeness (QED) is 0.842. The zero-order valence-electron chi connectivity index (χ0n) is 14.8.